The second kappa shape index (κ2) is 24.1. The smallest absolute Gasteiger partial charge is 0.131 e. The molecule has 0 aliphatic heterocycles. The van der Waals surface area contributed by atoms with Crippen molar-refractivity contribution in [2.45, 2.75) is 0 Å². The molecule has 0 atom stereocenters. The number of fused-ring (bicyclic) bond motifs is 8. The predicted octanol–water partition coefficient (Wildman–Crippen LogP) is 19.1. The Labute approximate surface area is 525 Å². The second-order valence-electron chi connectivity index (χ2n) is 22.1. The van der Waals surface area contributed by atoms with Gasteiger partial charge in [-0.15, -0.1) is 0 Å². The molecule has 0 aliphatic carbocycles. The Morgan fingerprint density at radius 2 is 0.435 bits per heavy atom. The van der Waals surface area contributed by atoms with Gasteiger partial charge in [-0.3, -0.25) is 0 Å². The molecule has 16 aromatic carbocycles. The van der Waals surface area contributed by atoms with E-state index in [4.69, 9.17) is 0 Å². The molecule has 0 saturated heterocycles. The van der Waals surface area contributed by atoms with Crippen molar-refractivity contribution in [2.24, 2.45) is 0 Å². The molecule has 448 valence electrons. The molecule has 0 saturated carbocycles. The minimum absolute atomic E-state index is 0.0454. The van der Waals surface area contributed by atoms with Crippen LogP contribution in [-0.4, -0.2) is 61.3 Å². The Morgan fingerprint density at radius 1 is 0.141 bits per heavy atom. The van der Waals surface area contributed by atoms with Crippen LogP contribution in [0.3, 0.4) is 0 Å². The molecule has 0 heterocycles. The standard InChI is InChI=1S/4C20H14O3/c21-18-10-13-6-2-1-5-12(13)9-16(18)17-11-19(22)14-7-3-4-8-15(14)20(17)23;21-18-10-9-13(12-5-1-2-6-14(12)18)17-11-19(22)15-7-3-4-8-16(15)20(17)23;21-17-10-9-12-5-1-2-6-13(12)19(17)16-11-18(22)14-7-3-4-8-15(14)20(16)23;21-18-11-17(20(23)15-8-4-3-7-14(15)18)16-10-9-12-5-1-2-6-13(12)19(16)22/h4*1-11,21-23H. The SMILES string of the molecule is Oc1c(-c2cc(O)c3ccccc3c2O)ccc2ccccc12.Oc1cc2ccccc2cc1-c1cc(O)c2ccccc2c1O.Oc1ccc(-c2cc(O)c3ccccc3c2O)c2ccccc12.Oc1ccc2ccccc2c1-c1cc(O)c2ccccc2c1O. The molecule has 0 unspecified atom stereocenters. The number of aromatic hydroxyl groups is 12. The van der Waals surface area contributed by atoms with Crippen LogP contribution in [0.2, 0.25) is 0 Å². The molecule has 12 nitrogen and oxygen atoms in total. The van der Waals surface area contributed by atoms with Crippen LogP contribution in [0.5, 0.6) is 69.0 Å². The van der Waals surface area contributed by atoms with E-state index in [1.165, 1.54) is 18.2 Å². The van der Waals surface area contributed by atoms with Crippen LogP contribution in [-0.2, 0) is 0 Å². The van der Waals surface area contributed by atoms with Crippen LogP contribution < -0.4 is 0 Å². The first kappa shape index (κ1) is 58.2. The summed E-state index contributed by atoms with van der Waals surface area (Å²) in [6, 6.07) is 78.6. The van der Waals surface area contributed by atoms with Gasteiger partial charge >= 0.3 is 0 Å². The van der Waals surface area contributed by atoms with Crippen LogP contribution >= 0.6 is 0 Å². The lowest BCUT2D eigenvalue weighted by Gasteiger charge is -2.14. The maximum atomic E-state index is 10.7. The van der Waals surface area contributed by atoms with Crippen molar-refractivity contribution in [1.29, 1.82) is 0 Å². The Balaban J connectivity index is 0.000000112. The molecule has 0 fully saturated rings. The summed E-state index contributed by atoms with van der Waals surface area (Å²) in [5.74, 6) is 0.991. The Morgan fingerprint density at radius 3 is 0.913 bits per heavy atom. The fourth-order valence-electron chi connectivity index (χ4n) is 12.1. The molecule has 92 heavy (non-hydrogen) atoms. The van der Waals surface area contributed by atoms with Gasteiger partial charge in [0.05, 0.1) is 0 Å². The van der Waals surface area contributed by atoms with Crippen molar-refractivity contribution in [3.05, 3.63) is 267 Å². The van der Waals surface area contributed by atoms with E-state index in [-0.39, 0.29) is 69.0 Å². The van der Waals surface area contributed by atoms with E-state index < -0.39 is 0 Å². The molecule has 0 aromatic heterocycles. The normalized spacial score (nSPS) is 11.1. The van der Waals surface area contributed by atoms with Crippen molar-refractivity contribution >= 4 is 86.2 Å². The van der Waals surface area contributed by atoms with Gasteiger partial charge in [0.2, 0.25) is 0 Å². The van der Waals surface area contributed by atoms with E-state index in [1.54, 1.807) is 121 Å². The van der Waals surface area contributed by atoms with E-state index >= 15 is 0 Å². The summed E-state index contributed by atoms with van der Waals surface area (Å²) in [4.78, 5) is 0. The molecule has 0 bridgehead atoms. The summed E-state index contributed by atoms with van der Waals surface area (Å²) in [5, 5.41) is 136. The van der Waals surface area contributed by atoms with Gasteiger partial charge in [0.25, 0.3) is 0 Å². The molecule has 0 radical (unpaired) electrons. The average Bonchev–Trinajstić information content (AvgIpc) is 0.808. The first-order valence-electron chi connectivity index (χ1n) is 29.2. The predicted molar refractivity (Wildman–Crippen MR) is 368 cm³/mol. The minimum atomic E-state index is 0.0454. The highest BCUT2D eigenvalue weighted by atomic mass is 16.3. The highest BCUT2D eigenvalue weighted by molar-refractivity contribution is 6.09. The fraction of sp³-hybridized carbons (Fsp3) is 0. The van der Waals surface area contributed by atoms with Gasteiger partial charge in [-0.05, 0) is 98.5 Å². The van der Waals surface area contributed by atoms with Gasteiger partial charge in [0.1, 0.15) is 69.0 Å². The third-order valence-corrected chi connectivity index (χ3v) is 16.7. The third kappa shape index (κ3) is 10.5. The number of rotatable bonds is 4. The number of benzene rings is 16. The van der Waals surface area contributed by atoms with Gasteiger partial charge in [0, 0.05) is 92.8 Å². The summed E-state index contributed by atoms with van der Waals surface area (Å²) < 4.78 is 0. The monoisotopic (exact) mass is 1210 g/mol. The van der Waals surface area contributed by atoms with Crippen LogP contribution in [0, 0.1) is 0 Å². The second-order valence-corrected chi connectivity index (χ2v) is 22.1. The average molecular weight is 1210 g/mol. The molecule has 0 spiro atoms. The number of phenols is 12. The Hall–Kier alpha value is -12.8. The first-order valence-corrected chi connectivity index (χ1v) is 29.2. The van der Waals surface area contributed by atoms with Crippen molar-refractivity contribution in [1.82, 2.24) is 0 Å². The maximum absolute atomic E-state index is 10.7. The van der Waals surface area contributed by atoms with Gasteiger partial charge in [-0.2, -0.15) is 0 Å². The van der Waals surface area contributed by atoms with Crippen molar-refractivity contribution in [3.63, 3.8) is 0 Å². The molecule has 0 amide bonds. The Kier molecular flexibility index (Phi) is 15.2. The summed E-state index contributed by atoms with van der Waals surface area (Å²) in [7, 11) is 0. The lowest BCUT2D eigenvalue weighted by atomic mass is 9.94. The van der Waals surface area contributed by atoms with E-state index in [9.17, 15) is 61.3 Å². The van der Waals surface area contributed by atoms with Crippen LogP contribution in [0.15, 0.2) is 267 Å². The topological polar surface area (TPSA) is 243 Å². The first-order chi connectivity index (χ1) is 44.6. The third-order valence-electron chi connectivity index (χ3n) is 16.7. The van der Waals surface area contributed by atoms with Crippen molar-refractivity contribution in [3.8, 4) is 114 Å². The summed E-state index contributed by atoms with van der Waals surface area (Å²) in [6.07, 6.45) is 0. The highest BCUT2D eigenvalue weighted by Crippen LogP contribution is 2.50. The molecule has 12 N–H and O–H groups in total. The highest BCUT2D eigenvalue weighted by Gasteiger charge is 2.21. The summed E-state index contributed by atoms with van der Waals surface area (Å²) in [5.41, 5.74) is 4.02. The molecule has 12 heteroatoms. The lowest BCUT2D eigenvalue weighted by molar-refractivity contribution is 0.467. The minimum Gasteiger partial charge on any atom is -0.507 e. The Bertz CT molecular complexity index is 5470. The van der Waals surface area contributed by atoms with Gasteiger partial charge in [-0.1, -0.05) is 206 Å². The van der Waals surface area contributed by atoms with E-state index in [1.807, 2.05) is 127 Å². The van der Waals surface area contributed by atoms with Crippen LogP contribution in [0.25, 0.3) is 131 Å². The van der Waals surface area contributed by atoms with E-state index in [0.29, 0.717) is 92.8 Å². The van der Waals surface area contributed by atoms with E-state index in [2.05, 4.69) is 0 Å². The summed E-state index contributed by atoms with van der Waals surface area (Å²) >= 11 is 0. The maximum Gasteiger partial charge on any atom is 0.131 e. The van der Waals surface area contributed by atoms with Crippen LogP contribution in [0.1, 0.15) is 0 Å². The molecule has 16 rings (SSSR count). The van der Waals surface area contributed by atoms with Crippen molar-refractivity contribution in [2.75, 3.05) is 0 Å². The molecular formula is C80H56O12. The zero-order chi connectivity index (χ0) is 63.9. The van der Waals surface area contributed by atoms with Crippen molar-refractivity contribution < 1.29 is 61.3 Å². The summed E-state index contributed by atoms with van der Waals surface area (Å²) in [6.45, 7) is 0. The molecular weight excluding hydrogens is 1150 g/mol. The number of hydrogen-bond acceptors (Lipinski definition) is 12. The largest absolute Gasteiger partial charge is 0.507 e. The molecule has 0 aliphatic rings. The van der Waals surface area contributed by atoms with Gasteiger partial charge < -0.3 is 61.3 Å². The quantitative estimate of drug-likeness (QED) is 0.0737. The van der Waals surface area contributed by atoms with Gasteiger partial charge in [-0.25, -0.2) is 0 Å². The number of hydrogen-bond donors (Lipinski definition) is 12. The zero-order valence-electron chi connectivity index (χ0n) is 48.8. The van der Waals surface area contributed by atoms with Gasteiger partial charge in [0.15, 0.2) is 0 Å². The number of phenolic OH excluding ortho intramolecular Hbond substituents is 12. The lowest BCUT2D eigenvalue weighted by Crippen LogP contribution is -1.86. The zero-order valence-corrected chi connectivity index (χ0v) is 48.8. The fourth-order valence-corrected chi connectivity index (χ4v) is 12.1. The van der Waals surface area contributed by atoms with Crippen LogP contribution in [0.4, 0.5) is 0 Å². The van der Waals surface area contributed by atoms with E-state index in [0.717, 1.165) is 37.9 Å². The molecule has 16 aromatic rings.